The van der Waals surface area contributed by atoms with Crippen LogP contribution in [0.25, 0.3) is 10.1 Å². The smallest absolute Gasteiger partial charge is 0.265 e. The Morgan fingerprint density at radius 3 is 2.36 bits per heavy atom. The first-order valence-corrected chi connectivity index (χ1v) is 9.54. The fraction of sp³-hybridized carbons (Fsp3) is 0.286. The third kappa shape index (κ3) is 4.37. The minimum atomic E-state index is -0.214. The van der Waals surface area contributed by atoms with Gasteiger partial charge in [0.1, 0.15) is 0 Å². The van der Waals surface area contributed by atoms with Crippen LogP contribution < -0.4 is 21.5 Å². The van der Waals surface area contributed by atoms with E-state index < -0.39 is 0 Å². The number of methoxy groups -OCH3 is 1. The Kier molecular flexibility index (Phi) is 6.53. The number of aliphatic hydroxyl groups is 1. The van der Waals surface area contributed by atoms with Gasteiger partial charge in [0.05, 0.1) is 23.4 Å². The van der Waals surface area contributed by atoms with Gasteiger partial charge in [0.2, 0.25) is 0 Å². The number of hydrogen-bond acceptors (Lipinski definition) is 6. The zero-order valence-electron chi connectivity index (χ0n) is 16.8. The lowest BCUT2D eigenvalue weighted by atomic mass is 9.86. The molecule has 0 atom stereocenters. The topological polar surface area (TPSA) is 111 Å². The maximum atomic E-state index is 12.8. The van der Waals surface area contributed by atoms with Crippen molar-refractivity contribution in [1.82, 2.24) is 0 Å². The van der Waals surface area contributed by atoms with Gasteiger partial charge in [-0.15, -0.1) is 11.3 Å². The van der Waals surface area contributed by atoms with Gasteiger partial charge in [-0.2, -0.15) is 0 Å². The van der Waals surface area contributed by atoms with Crippen LogP contribution in [-0.4, -0.2) is 25.2 Å². The van der Waals surface area contributed by atoms with Gasteiger partial charge in [-0.05, 0) is 41.3 Å². The average molecular weight is 402 g/mol. The van der Waals surface area contributed by atoms with Crippen LogP contribution >= 0.6 is 11.3 Å². The number of thiophene rings is 1. The Morgan fingerprint density at radius 1 is 1.11 bits per heavy atom. The molecule has 0 fully saturated rings. The van der Waals surface area contributed by atoms with E-state index >= 15 is 0 Å². The second-order valence-corrected chi connectivity index (χ2v) is 8.30. The second-order valence-electron chi connectivity index (χ2n) is 7.22. The van der Waals surface area contributed by atoms with E-state index in [2.05, 4.69) is 26.1 Å². The van der Waals surface area contributed by atoms with E-state index in [0.29, 0.717) is 27.7 Å². The van der Waals surface area contributed by atoms with Gasteiger partial charge in [-0.1, -0.05) is 26.8 Å². The number of amides is 1. The van der Waals surface area contributed by atoms with Gasteiger partial charge < -0.3 is 26.6 Å². The van der Waals surface area contributed by atoms with E-state index in [4.69, 9.17) is 21.3 Å². The highest BCUT2D eigenvalue weighted by Crippen LogP contribution is 2.38. The molecular formula is C21H27N3O3S. The predicted octanol–water partition coefficient (Wildman–Crippen LogP) is 4.23. The molecule has 6 nitrogen and oxygen atoms in total. The first kappa shape index (κ1) is 21.5. The normalized spacial score (nSPS) is 10.9. The SMILES string of the molecule is CO.COc1c(N)cc(C(C)(C)C)cc1NC(=O)c1cc2c(N)cccc2s1. The Morgan fingerprint density at radius 2 is 1.79 bits per heavy atom. The molecule has 0 saturated heterocycles. The quantitative estimate of drug-likeness (QED) is 0.491. The van der Waals surface area contributed by atoms with Crippen molar-refractivity contribution in [2.75, 3.05) is 31.0 Å². The average Bonchev–Trinajstić information content (AvgIpc) is 3.08. The summed E-state index contributed by atoms with van der Waals surface area (Å²) in [5.74, 6) is 0.251. The lowest BCUT2D eigenvalue weighted by molar-refractivity contribution is 0.103. The highest BCUT2D eigenvalue weighted by Gasteiger charge is 2.20. The van der Waals surface area contributed by atoms with Gasteiger partial charge in [0.25, 0.3) is 5.91 Å². The molecule has 2 aromatic carbocycles. The Labute approximate surface area is 169 Å². The fourth-order valence-electron chi connectivity index (χ4n) is 2.78. The van der Waals surface area contributed by atoms with Crippen molar-refractivity contribution >= 4 is 44.4 Å². The van der Waals surface area contributed by atoms with Gasteiger partial charge >= 0.3 is 0 Å². The number of benzene rings is 2. The van der Waals surface area contributed by atoms with E-state index in [-0.39, 0.29) is 11.3 Å². The maximum Gasteiger partial charge on any atom is 0.265 e. The Bertz CT molecular complexity index is 990. The molecule has 0 unspecified atom stereocenters. The predicted molar refractivity (Wildman–Crippen MR) is 118 cm³/mol. The number of carbonyl (C=O) groups is 1. The highest BCUT2D eigenvalue weighted by molar-refractivity contribution is 7.21. The van der Waals surface area contributed by atoms with E-state index in [1.54, 1.807) is 0 Å². The summed E-state index contributed by atoms with van der Waals surface area (Å²) in [7, 11) is 2.54. The molecule has 0 radical (unpaired) electrons. The standard InChI is InChI=1S/C20H23N3O2S.CH4O/c1-20(2,3)11-8-14(22)18(25-4)15(9-11)23-19(24)17-10-12-13(21)6-5-7-16(12)26-17;1-2/h5-10H,21-22H2,1-4H3,(H,23,24);2H,1H3. The minimum Gasteiger partial charge on any atom is -0.492 e. The van der Waals surface area contributed by atoms with Crippen molar-refractivity contribution in [2.45, 2.75) is 26.2 Å². The molecule has 7 heteroatoms. The summed E-state index contributed by atoms with van der Waals surface area (Å²) >= 11 is 1.40. The van der Waals surface area contributed by atoms with Crippen molar-refractivity contribution in [2.24, 2.45) is 0 Å². The third-order valence-electron chi connectivity index (χ3n) is 4.25. The van der Waals surface area contributed by atoms with Crippen molar-refractivity contribution < 1.29 is 14.6 Å². The zero-order chi connectivity index (χ0) is 21.1. The first-order valence-electron chi connectivity index (χ1n) is 8.73. The van der Waals surface area contributed by atoms with Crippen LogP contribution in [0.5, 0.6) is 5.75 Å². The maximum absolute atomic E-state index is 12.8. The summed E-state index contributed by atoms with van der Waals surface area (Å²) in [6.45, 7) is 6.28. The molecule has 0 aliphatic heterocycles. The van der Waals surface area contributed by atoms with Crippen molar-refractivity contribution in [3.63, 3.8) is 0 Å². The molecule has 1 aromatic heterocycles. The lowest BCUT2D eigenvalue weighted by Gasteiger charge is -2.22. The number of carbonyl (C=O) groups excluding carboxylic acids is 1. The van der Waals surface area contributed by atoms with Gasteiger partial charge in [-0.3, -0.25) is 4.79 Å². The van der Waals surface area contributed by atoms with Crippen LogP contribution in [-0.2, 0) is 5.41 Å². The molecule has 6 N–H and O–H groups in total. The van der Waals surface area contributed by atoms with Crippen molar-refractivity contribution in [3.8, 4) is 5.75 Å². The number of anilines is 3. The lowest BCUT2D eigenvalue weighted by Crippen LogP contribution is -2.16. The second kappa shape index (κ2) is 8.50. The number of aliphatic hydroxyl groups excluding tert-OH is 1. The number of rotatable bonds is 3. The molecule has 3 rings (SSSR count). The highest BCUT2D eigenvalue weighted by atomic mass is 32.1. The zero-order valence-corrected chi connectivity index (χ0v) is 17.6. The monoisotopic (exact) mass is 401 g/mol. The largest absolute Gasteiger partial charge is 0.492 e. The van der Waals surface area contributed by atoms with Crippen LogP contribution in [0.1, 0.15) is 36.0 Å². The van der Waals surface area contributed by atoms with Crippen molar-refractivity contribution in [3.05, 3.63) is 46.8 Å². The van der Waals surface area contributed by atoms with Crippen LogP contribution in [0.3, 0.4) is 0 Å². The molecule has 0 spiro atoms. The third-order valence-corrected chi connectivity index (χ3v) is 5.35. The van der Waals surface area contributed by atoms with Gasteiger partial charge in [-0.25, -0.2) is 0 Å². The molecule has 1 amide bonds. The number of nitrogens with one attached hydrogen (secondary N) is 1. The van der Waals surface area contributed by atoms with E-state index in [0.717, 1.165) is 22.8 Å². The molecule has 0 aliphatic carbocycles. The fourth-order valence-corrected chi connectivity index (χ4v) is 3.78. The number of hydrogen-bond donors (Lipinski definition) is 4. The molecule has 28 heavy (non-hydrogen) atoms. The Hall–Kier alpha value is -2.77. The number of nitrogen functional groups attached to an aromatic ring is 2. The number of ether oxygens (including phenoxy) is 1. The summed E-state index contributed by atoms with van der Waals surface area (Å²) in [6.07, 6.45) is 0. The van der Waals surface area contributed by atoms with E-state index in [1.807, 2.05) is 36.4 Å². The van der Waals surface area contributed by atoms with E-state index in [1.165, 1.54) is 18.4 Å². The molecule has 150 valence electrons. The number of nitrogens with two attached hydrogens (primary N) is 2. The van der Waals surface area contributed by atoms with Crippen LogP contribution in [0, 0.1) is 0 Å². The molecule has 0 bridgehead atoms. The van der Waals surface area contributed by atoms with Crippen LogP contribution in [0.2, 0.25) is 0 Å². The molecule has 1 heterocycles. The molecule has 0 saturated carbocycles. The van der Waals surface area contributed by atoms with Crippen LogP contribution in [0.4, 0.5) is 17.1 Å². The van der Waals surface area contributed by atoms with E-state index in [9.17, 15) is 4.79 Å². The summed E-state index contributed by atoms with van der Waals surface area (Å²) in [6, 6.07) is 11.3. The summed E-state index contributed by atoms with van der Waals surface area (Å²) in [4.78, 5) is 13.4. The molecule has 3 aromatic rings. The van der Waals surface area contributed by atoms with Crippen LogP contribution in [0.15, 0.2) is 36.4 Å². The van der Waals surface area contributed by atoms with Crippen molar-refractivity contribution in [1.29, 1.82) is 0 Å². The molecular weight excluding hydrogens is 374 g/mol. The van der Waals surface area contributed by atoms with Gasteiger partial charge in [0, 0.05) is 22.9 Å². The van der Waals surface area contributed by atoms with Gasteiger partial charge in [0.15, 0.2) is 5.75 Å². The summed E-state index contributed by atoms with van der Waals surface area (Å²) in [5, 5.41) is 10.8. The summed E-state index contributed by atoms with van der Waals surface area (Å²) in [5.41, 5.74) is 14.8. The number of fused-ring (bicyclic) bond motifs is 1. The minimum absolute atomic E-state index is 0.105. The molecule has 0 aliphatic rings. The Balaban J connectivity index is 0.00000136. The summed E-state index contributed by atoms with van der Waals surface area (Å²) < 4.78 is 6.38. The first-order chi connectivity index (χ1) is 13.2.